The first kappa shape index (κ1) is 56.7. The fourth-order valence-corrected chi connectivity index (χ4v) is 9.12. The monoisotopic (exact) mass is 976 g/mol. The number of aliphatic hydroxyl groups is 6. The van der Waals surface area contributed by atoms with E-state index in [0.29, 0.717) is 12.0 Å². The molecule has 0 spiro atoms. The molecule has 69 heavy (non-hydrogen) atoms. The van der Waals surface area contributed by atoms with Gasteiger partial charge < -0.3 is 72.1 Å². The molecule has 0 aromatic heterocycles. The van der Waals surface area contributed by atoms with Gasteiger partial charge in [-0.3, -0.25) is 33.6 Å². The minimum absolute atomic E-state index is 0.0329. The Morgan fingerprint density at radius 3 is 2.00 bits per heavy atom. The number of phenols is 1. The maximum atomic E-state index is 14.2. The third kappa shape index (κ3) is 16.6. The largest absolute Gasteiger partial charge is 0.508 e. The number of benzene rings is 1. The van der Waals surface area contributed by atoms with E-state index in [9.17, 15) is 69.3 Å². The number of nitrogens with one attached hydrogen (secondary N) is 5. The highest BCUT2D eigenvalue weighted by atomic mass is 16.3. The molecule has 3 saturated heterocycles. The van der Waals surface area contributed by atoms with Gasteiger partial charge in [0.05, 0.1) is 37.1 Å². The number of hydrogen-bond acceptors (Lipinski definition) is 14. The van der Waals surface area contributed by atoms with Gasteiger partial charge in [0, 0.05) is 51.2 Å². The van der Waals surface area contributed by atoms with Crippen LogP contribution < -0.4 is 26.6 Å². The number of carbonyl (C=O) groups excluding carboxylic acids is 7. The van der Waals surface area contributed by atoms with Crippen molar-refractivity contribution in [3.05, 3.63) is 29.8 Å². The molecule has 3 fully saturated rings. The third-order valence-corrected chi connectivity index (χ3v) is 13.6. The summed E-state index contributed by atoms with van der Waals surface area (Å²) in [7, 11) is 0. The molecule has 13 atom stereocenters. The van der Waals surface area contributed by atoms with Crippen molar-refractivity contribution in [3.63, 3.8) is 0 Å². The van der Waals surface area contributed by atoms with Crippen LogP contribution >= 0.6 is 0 Å². The van der Waals surface area contributed by atoms with Gasteiger partial charge in [-0.2, -0.15) is 0 Å². The number of nitrogens with zero attached hydrogens (tertiary/aromatic N) is 2. The molecule has 21 nitrogen and oxygen atoms in total. The fraction of sp³-hybridized carbons (Fsp3) is 0.729. The number of β-amino-alcohol motifs (C(OH)–C–C–N with tert-alkyl or cyclic N) is 1. The van der Waals surface area contributed by atoms with Crippen molar-refractivity contribution in [2.24, 2.45) is 11.8 Å². The lowest BCUT2D eigenvalue weighted by atomic mass is 9.99. The standard InChI is InChI=1S/C48H77N7O14/c1-5-27(2)14-12-10-8-6-7-9-11-13-15-38(62)50-34-21-32(59)23-49-46(67)41-42(63)28(3)24-55(41)47(68)35(26-56)51-45(66)40(37(61)20-30-16-18-31(58)19-17-30)53-44(65)36-22-33(60)25-54(36)48(69)39(29(4)57)52-43(34)64/h16-19,27-29,32-37,39-42,56-61,63H,5-15,20-26H2,1-4H3,(H,49,67)(H,50,62)(H,51,66)(H,52,64)(H,53,65)/t27?,28-,29+,32+,33+,34+,35-,36-,37-,39-,40-,41-,42-/m0/s1. The Kier molecular flexibility index (Phi) is 22.5. The Morgan fingerprint density at radius 1 is 0.754 bits per heavy atom. The molecular formula is C48H77N7O14. The summed E-state index contributed by atoms with van der Waals surface area (Å²) in [5, 5.41) is 87.9. The Balaban J connectivity index is 1.61. The predicted octanol–water partition coefficient (Wildman–Crippen LogP) is -1.39. The van der Waals surface area contributed by atoms with Gasteiger partial charge in [0.1, 0.15) is 42.0 Å². The van der Waals surface area contributed by atoms with E-state index < -0.39 is 140 Å². The second-order valence-electron chi connectivity index (χ2n) is 19.3. The van der Waals surface area contributed by atoms with Crippen LogP contribution in [0.4, 0.5) is 0 Å². The highest BCUT2D eigenvalue weighted by Gasteiger charge is 2.48. The fourth-order valence-electron chi connectivity index (χ4n) is 9.12. The van der Waals surface area contributed by atoms with Gasteiger partial charge in [-0.1, -0.05) is 90.7 Å². The first-order valence-electron chi connectivity index (χ1n) is 24.6. The summed E-state index contributed by atoms with van der Waals surface area (Å²) in [4.78, 5) is 99.4. The molecule has 0 radical (unpaired) electrons. The summed E-state index contributed by atoms with van der Waals surface area (Å²) in [6, 6.07) is -4.55. The number of phenolic OH excluding ortho intramolecular Hbond substituents is 1. The van der Waals surface area contributed by atoms with Crippen molar-refractivity contribution in [1.29, 1.82) is 0 Å². The van der Waals surface area contributed by atoms with Gasteiger partial charge in [0.15, 0.2) is 0 Å². The van der Waals surface area contributed by atoms with Crippen LogP contribution in [0.25, 0.3) is 0 Å². The molecule has 0 aliphatic carbocycles. The molecular weight excluding hydrogens is 899 g/mol. The number of rotatable bonds is 18. The van der Waals surface area contributed by atoms with E-state index >= 15 is 0 Å². The van der Waals surface area contributed by atoms with Crippen LogP contribution in [-0.4, -0.2) is 180 Å². The number of amides is 7. The van der Waals surface area contributed by atoms with Crippen LogP contribution in [0.15, 0.2) is 24.3 Å². The van der Waals surface area contributed by atoms with Crippen molar-refractivity contribution >= 4 is 41.4 Å². The minimum Gasteiger partial charge on any atom is -0.508 e. The number of hydrogen-bond donors (Lipinski definition) is 12. The Bertz CT molecular complexity index is 1870. The van der Waals surface area contributed by atoms with Gasteiger partial charge in [-0.25, -0.2) is 0 Å². The molecule has 3 aliphatic heterocycles. The predicted molar refractivity (Wildman–Crippen MR) is 250 cm³/mol. The summed E-state index contributed by atoms with van der Waals surface area (Å²) in [5.74, 6) is -6.79. The quantitative estimate of drug-likeness (QED) is 0.0754. The van der Waals surface area contributed by atoms with E-state index in [2.05, 4.69) is 40.4 Å². The summed E-state index contributed by atoms with van der Waals surface area (Å²) in [5.41, 5.74) is 0.403. The second-order valence-corrected chi connectivity index (χ2v) is 19.3. The molecule has 21 heteroatoms. The van der Waals surface area contributed by atoms with E-state index in [1.165, 1.54) is 56.9 Å². The number of aliphatic hydroxyl groups excluding tert-OH is 6. The number of unbranched alkanes of at least 4 members (excludes halogenated alkanes) is 7. The molecule has 1 aromatic rings. The Morgan fingerprint density at radius 2 is 1.38 bits per heavy atom. The van der Waals surface area contributed by atoms with Crippen molar-refractivity contribution < 1.29 is 69.3 Å². The van der Waals surface area contributed by atoms with Crippen LogP contribution in [0.3, 0.4) is 0 Å². The molecule has 1 unspecified atom stereocenters. The van der Waals surface area contributed by atoms with E-state index in [-0.39, 0.29) is 31.6 Å². The third-order valence-electron chi connectivity index (χ3n) is 13.6. The van der Waals surface area contributed by atoms with Crippen molar-refractivity contribution in [3.8, 4) is 5.75 Å². The van der Waals surface area contributed by atoms with Gasteiger partial charge in [0.25, 0.3) is 0 Å². The topological polar surface area (TPSA) is 328 Å². The lowest BCUT2D eigenvalue weighted by Crippen LogP contribution is -2.63. The highest BCUT2D eigenvalue weighted by Crippen LogP contribution is 2.26. The highest BCUT2D eigenvalue weighted by molar-refractivity contribution is 5.98. The van der Waals surface area contributed by atoms with Crippen LogP contribution in [0.2, 0.25) is 0 Å². The van der Waals surface area contributed by atoms with Gasteiger partial charge in [-0.05, 0) is 37.0 Å². The summed E-state index contributed by atoms with van der Waals surface area (Å²) < 4.78 is 0. The first-order chi connectivity index (χ1) is 32.7. The van der Waals surface area contributed by atoms with Crippen LogP contribution in [0.5, 0.6) is 5.75 Å². The van der Waals surface area contributed by atoms with E-state index in [1.807, 2.05) is 0 Å². The molecule has 12 N–H and O–H groups in total. The van der Waals surface area contributed by atoms with Crippen LogP contribution in [0, 0.1) is 11.8 Å². The van der Waals surface area contributed by atoms with Crippen LogP contribution in [0.1, 0.15) is 117 Å². The van der Waals surface area contributed by atoms with Gasteiger partial charge >= 0.3 is 0 Å². The minimum atomic E-state index is -1.90. The van der Waals surface area contributed by atoms with Crippen molar-refractivity contribution in [1.82, 2.24) is 36.4 Å². The van der Waals surface area contributed by atoms with Crippen molar-refractivity contribution in [2.45, 2.75) is 184 Å². The normalized spacial score (nSPS) is 29.1. The maximum absolute atomic E-state index is 14.2. The first-order valence-corrected chi connectivity index (χ1v) is 24.6. The summed E-state index contributed by atoms with van der Waals surface area (Å²) in [6.45, 7) is 4.98. The molecule has 1 aromatic carbocycles. The average molecular weight is 976 g/mol. The Hall–Kier alpha value is -4.93. The van der Waals surface area contributed by atoms with E-state index in [4.69, 9.17) is 0 Å². The Labute approximate surface area is 404 Å². The maximum Gasteiger partial charge on any atom is 0.248 e. The van der Waals surface area contributed by atoms with E-state index in [1.54, 1.807) is 6.92 Å². The number of carbonyl (C=O) groups is 7. The van der Waals surface area contributed by atoms with Crippen molar-refractivity contribution in [2.75, 3.05) is 26.2 Å². The summed E-state index contributed by atoms with van der Waals surface area (Å²) >= 11 is 0. The van der Waals surface area contributed by atoms with Gasteiger partial charge in [-0.15, -0.1) is 0 Å². The zero-order valence-electron chi connectivity index (χ0n) is 40.4. The zero-order valence-corrected chi connectivity index (χ0v) is 40.4. The number of aromatic hydroxyl groups is 1. The lowest BCUT2D eigenvalue weighted by Gasteiger charge is -2.32. The molecule has 7 amide bonds. The average Bonchev–Trinajstić information content (AvgIpc) is 3.85. The molecule has 388 valence electrons. The lowest BCUT2D eigenvalue weighted by molar-refractivity contribution is -0.146. The molecule has 0 bridgehead atoms. The van der Waals surface area contributed by atoms with E-state index in [0.717, 1.165) is 47.8 Å². The summed E-state index contributed by atoms with van der Waals surface area (Å²) in [6.07, 6.45) is 1.42. The smallest absolute Gasteiger partial charge is 0.248 e. The zero-order chi connectivity index (χ0) is 50.9. The molecule has 0 saturated carbocycles. The SMILES string of the molecule is CCC(C)CCCCCCCCCCC(=O)N[C@@H]1C[C@@H](O)CNC(=O)[C@@H]2[C@@H](O)[C@@H](C)CN2C(=O)[C@H](CO)NC(=O)[C@H]([C@@H](O)Cc2ccc(O)cc2)NC(=O)[C@@H]2C[C@@H](O)CN2C(=O)[C@H]([C@@H](C)O)NC1=O. The van der Waals surface area contributed by atoms with Gasteiger partial charge in [0.2, 0.25) is 41.4 Å². The molecule has 3 heterocycles. The number of fused-ring (bicyclic) bond motifs is 2. The van der Waals surface area contributed by atoms with Crippen LogP contribution in [-0.2, 0) is 40.0 Å². The molecule has 3 aliphatic rings. The molecule has 4 rings (SSSR count). The second kappa shape index (κ2) is 27.5.